The molecule has 1 fully saturated rings. The van der Waals surface area contributed by atoms with Gasteiger partial charge in [-0.15, -0.1) is 0 Å². The second-order valence-electron chi connectivity index (χ2n) is 10.0. The first-order valence-corrected chi connectivity index (χ1v) is 12.2. The molecule has 0 aliphatic carbocycles. The number of hydrogen-bond donors (Lipinski definition) is 1. The number of para-hydroxylation sites is 1. The minimum Gasteiger partial charge on any atom is -0.444 e. The minimum absolute atomic E-state index is 0.0650. The molecule has 7 heteroatoms. The first-order chi connectivity index (χ1) is 16.7. The maximum absolute atomic E-state index is 13.5. The number of likely N-dealkylation sites (N-methyl/N-ethyl adjacent to an activating group) is 1. The quantitative estimate of drug-likeness (QED) is 0.528. The van der Waals surface area contributed by atoms with Crippen molar-refractivity contribution in [3.8, 4) is 0 Å². The largest absolute Gasteiger partial charge is 0.444 e. The van der Waals surface area contributed by atoms with Gasteiger partial charge in [0, 0.05) is 24.0 Å². The number of rotatable bonds is 6. The van der Waals surface area contributed by atoms with E-state index < -0.39 is 5.60 Å². The summed E-state index contributed by atoms with van der Waals surface area (Å²) in [6.45, 7) is 9.36. The smallest absolute Gasteiger partial charge is 0.410 e. The number of amides is 2. The van der Waals surface area contributed by atoms with Gasteiger partial charge >= 0.3 is 6.09 Å². The molecule has 1 N–H and O–H groups in total. The third kappa shape index (κ3) is 6.03. The molecule has 0 spiro atoms. The van der Waals surface area contributed by atoms with Crippen LogP contribution in [0.4, 0.5) is 4.79 Å². The highest BCUT2D eigenvalue weighted by molar-refractivity contribution is 5.98. The summed E-state index contributed by atoms with van der Waals surface area (Å²) in [6.07, 6.45) is 0.243. The van der Waals surface area contributed by atoms with Crippen molar-refractivity contribution < 1.29 is 19.1 Å². The van der Waals surface area contributed by atoms with Gasteiger partial charge < -0.3 is 19.4 Å². The Hall–Kier alpha value is -3.32. The Kier molecular flexibility index (Phi) is 7.45. The number of nitrogens with one attached hydrogen (secondary N) is 1. The molecule has 7 nitrogen and oxygen atoms in total. The number of fused-ring (bicyclic) bond motifs is 1. The van der Waals surface area contributed by atoms with Crippen LogP contribution in [0.3, 0.4) is 0 Å². The predicted octanol–water partition coefficient (Wildman–Crippen LogP) is 5.22. The van der Waals surface area contributed by atoms with Gasteiger partial charge in [0.25, 0.3) is 5.91 Å². The maximum atomic E-state index is 13.5. The average Bonchev–Trinajstić information content (AvgIpc) is 3.27. The molecule has 2 aromatic carbocycles. The number of hydrogen-bond acceptors (Lipinski definition) is 4. The highest BCUT2D eigenvalue weighted by atomic mass is 16.6. The van der Waals surface area contributed by atoms with E-state index in [1.165, 1.54) is 0 Å². The molecule has 1 aromatic heterocycles. The van der Waals surface area contributed by atoms with Crippen LogP contribution in [0.25, 0.3) is 10.9 Å². The molecule has 2 amide bonds. The highest BCUT2D eigenvalue weighted by Crippen LogP contribution is 2.25. The predicted molar refractivity (Wildman–Crippen MR) is 136 cm³/mol. The summed E-state index contributed by atoms with van der Waals surface area (Å²) in [4.78, 5) is 33.5. The zero-order valence-electron chi connectivity index (χ0n) is 21.0. The van der Waals surface area contributed by atoms with Gasteiger partial charge in [0.2, 0.25) is 0 Å². The summed E-state index contributed by atoms with van der Waals surface area (Å²) >= 11 is 0. The number of nitrogens with zero attached hydrogens (tertiary/aromatic N) is 2. The SMILES string of the molecule is CCN(C(=O)c1cc2ccccc2[nH]1)C1COCC(N(Cc2ccccc2)C(=O)OC(C)(C)C)C1. The number of H-pyrrole nitrogens is 1. The molecule has 1 saturated heterocycles. The maximum Gasteiger partial charge on any atom is 0.410 e. The Balaban J connectivity index is 1.54. The molecule has 0 bridgehead atoms. The second-order valence-corrected chi connectivity index (χ2v) is 10.0. The normalized spacial score (nSPS) is 18.3. The molecule has 0 radical (unpaired) electrons. The lowest BCUT2D eigenvalue weighted by molar-refractivity contribution is -0.0416. The van der Waals surface area contributed by atoms with Crippen LogP contribution in [-0.4, -0.2) is 64.2 Å². The van der Waals surface area contributed by atoms with Gasteiger partial charge in [-0.05, 0) is 51.8 Å². The summed E-state index contributed by atoms with van der Waals surface area (Å²) in [5.41, 5.74) is 1.90. The third-order valence-corrected chi connectivity index (χ3v) is 6.23. The molecule has 3 aromatic rings. The van der Waals surface area contributed by atoms with Gasteiger partial charge in [0.05, 0.1) is 25.3 Å². The average molecular weight is 478 g/mol. The first-order valence-electron chi connectivity index (χ1n) is 12.2. The lowest BCUT2D eigenvalue weighted by Crippen LogP contribution is -2.54. The number of ether oxygens (including phenoxy) is 2. The van der Waals surface area contributed by atoms with Gasteiger partial charge in [-0.3, -0.25) is 9.69 Å². The minimum atomic E-state index is -0.609. The van der Waals surface area contributed by atoms with Gasteiger partial charge in [-0.1, -0.05) is 48.5 Å². The fourth-order valence-electron chi connectivity index (χ4n) is 4.58. The van der Waals surface area contributed by atoms with Crippen molar-refractivity contribution in [2.45, 2.75) is 58.3 Å². The standard InChI is InChI=1S/C28H35N3O4/c1-5-30(26(32)25-15-21-13-9-10-14-24(21)29-25)22-16-23(19-34-18-22)31(27(33)35-28(2,3)4)17-20-11-7-6-8-12-20/h6-15,22-23,29H,5,16-19H2,1-4H3. The third-order valence-electron chi connectivity index (χ3n) is 6.23. The van der Waals surface area contributed by atoms with E-state index in [9.17, 15) is 9.59 Å². The molecule has 2 unspecified atom stereocenters. The van der Waals surface area contributed by atoms with E-state index in [1.807, 2.05) is 93.3 Å². The van der Waals surface area contributed by atoms with Crippen LogP contribution in [0.15, 0.2) is 60.7 Å². The molecule has 2 atom stereocenters. The van der Waals surface area contributed by atoms with Gasteiger partial charge in [0.15, 0.2) is 0 Å². The number of carbonyl (C=O) groups is 2. The Morgan fingerprint density at radius 3 is 2.31 bits per heavy atom. The van der Waals surface area contributed by atoms with Gasteiger partial charge in [-0.25, -0.2) is 4.79 Å². The van der Waals surface area contributed by atoms with E-state index in [0.717, 1.165) is 16.5 Å². The summed E-state index contributed by atoms with van der Waals surface area (Å²) in [5, 5.41) is 1.00. The van der Waals surface area contributed by atoms with Gasteiger partial charge in [0.1, 0.15) is 11.3 Å². The van der Waals surface area contributed by atoms with Crippen molar-refractivity contribution in [1.82, 2.24) is 14.8 Å². The topological polar surface area (TPSA) is 74.9 Å². The number of benzene rings is 2. The Bertz CT molecular complexity index is 1120. The molecule has 35 heavy (non-hydrogen) atoms. The second kappa shape index (κ2) is 10.5. The van der Waals surface area contributed by atoms with E-state index in [-0.39, 0.29) is 24.1 Å². The molecule has 2 heterocycles. The molecular formula is C28H35N3O4. The fraction of sp³-hybridized carbons (Fsp3) is 0.429. The molecular weight excluding hydrogens is 442 g/mol. The highest BCUT2D eigenvalue weighted by Gasteiger charge is 2.36. The van der Waals surface area contributed by atoms with Crippen LogP contribution in [0.1, 0.15) is 50.2 Å². The van der Waals surface area contributed by atoms with Crippen molar-refractivity contribution in [2.75, 3.05) is 19.8 Å². The van der Waals surface area contributed by atoms with Crippen molar-refractivity contribution >= 4 is 22.9 Å². The summed E-state index contributed by atoms with van der Waals surface area (Å²) in [7, 11) is 0. The number of carbonyl (C=O) groups excluding carboxylic acids is 2. The molecule has 4 rings (SSSR count). The van der Waals surface area contributed by atoms with E-state index in [0.29, 0.717) is 38.4 Å². The lowest BCUT2D eigenvalue weighted by atomic mass is 10.0. The number of aromatic amines is 1. The zero-order chi connectivity index (χ0) is 25.0. The number of aromatic nitrogens is 1. The molecule has 1 aliphatic heterocycles. The summed E-state index contributed by atoms with van der Waals surface area (Å²) in [5.74, 6) is -0.0650. The van der Waals surface area contributed by atoms with Gasteiger partial charge in [-0.2, -0.15) is 0 Å². The Labute approximate surface area is 207 Å². The van der Waals surface area contributed by atoms with E-state index in [4.69, 9.17) is 9.47 Å². The van der Waals surface area contributed by atoms with Crippen LogP contribution in [-0.2, 0) is 16.0 Å². The molecule has 1 aliphatic rings. The molecule has 186 valence electrons. The monoisotopic (exact) mass is 477 g/mol. The zero-order valence-corrected chi connectivity index (χ0v) is 21.0. The van der Waals surface area contributed by atoms with Crippen LogP contribution in [0.2, 0.25) is 0 Å². The molecule has 0 saturated carbocycles. The fourth-order valence-corrected chi connectivity index (χ4v) is 4.58. The van der Waals surface area contributed by atoms with Crippen LogP contribution in [0, 0.1) is 0 Å². The van der Waals surface area contributed by atoms with Crippen LogP contribution in [0.5, 0.6) is 0 Å². The van der Waals surface area contributed by atoms with Crippen molar-refractivity contribution in [3.05, 3.63) is 71.9 Å². The van der Waals surface area contributed by atoms with E-state index in [1.54, 1.807) is 4.90 Å². The van der Waals surface area contributed by atoms with E-state index >= 15 is 0 Å². The Morgan fingerprint density at radius 2 is 1.66 bits per heavy atom. The van der Waals surface area contributed by atoms with E-state index in [2.05, 4.69) is 4.98 Å². The Morgan fingerprint density at radius 1 is 1.00 bits per heavy atom. The summed E-state index contributed by atoms with van der Waals surface area (Å²) in [6, 6.07) is 19.2. The van der Waals surface area contributed by atoms with Crippen molar-refractivity contribution in [2.24, 2.45) is 0 Å². The van der Waals surface area contributed by atoms with Crippen molar-refractivity contribution in [3.63, 3.8) is 0 Å². The summed E-state index contributed by atoms with van der Waals surface area (Å²) < 4.78 is 11.7. The lowest BCUT2D eigenvalue weighted by Gasteiger charge is -2.41. The van der Waals surface area contributed by atoms with Crippen molar-refractivity contribution in [1.29, 1.82) is 0 Å². The first kappa shape index (κ1) is 24.8. The van der Waals surface area contributed by atoms with Crippen LogP contribution < -0.4 is 0 Å². The van der Waals surface area contributed by atoms with Crippen LogP contribution >= 0.6 is 0 Å².